The molecule has 1 heterocycles. The molecule has 2 N–H and O–H groups in total. The lowest BCUT2D eigenvalue weighted by Crippen LogP contribution is -1.94. The van der Waals surface area contributed by atoms with Crippen LogP contribution in [-0.4, -0.2) is 31.2 Å². The standard InChI is InChI=1S/C13H17N3O2/c1-8-5-11(17-3)12(18-4)6-9(8)10-7-15-13(14-2)16-10/h5-7H,1-4H3,(H2,14,15,16). The first-order chi connectivity index (χ1) is 8.69. The van der Waals surface area contributed by atoms with E-state index in [1.807, 2.05) is 26.1 Å². The van der Waals surface area contributed by atoms with Crippen LogP contribution in [0.5, 0.6) is 11.5 Å². The summed E-state index contributed by atoms with van der Waals surface area (Å²) < 4.78 is 10.6. The lowest BCUT2D eigenvalue weighted by Gasteiger charge is -2.11. The van der Waals surface area contributed by atoms with Crippen LogP contribution in [0.4, 0.5) is 5.95 Å². The molecule has 1 aromatic carbocycles. The number of aryl methyl sites for hydroxylation is 1. The van der Waals surface area contributed by atoms with Gasteiger partial charge in [-0.05, 0) is 24.6 Å². The molecule has 0 fully saturated rings. The second-order valence-corrected chi connectivity index (χ2v) is 3.92. The van der Waals surface area contributed by atoms with Crippen molar-refractivity contribution in [3.05, 3.63) is 23.9 Å². The molecule has 0 saturated heterocycles. The minimum atomic E-state index is 0.707. The Morgan fingerprint density at radius 2 is 1.83 bits per heavy atom. The first-order valence-electron chi connectivity index (χ1n) is 5.65. The van der Waals surface area contributed by atoms with Crippen molar-refractivity contribution >= 4 is 5.95 Å². The zero-order valence-electron chi connectivity index (χ0n) is 11.0. The van der Waals surface area contributed by atoms with Crippen LogP contribution in [0.25, 0.3) is 11.3 Å². The summed E-state index contributed by atoms with van der Waals surface area (Å²) in [4.78, 5) is 7.40. The zero-order chi connectivity index (χ0) is 13.1. The molecule has 0 atom stereocenters. The maximum Gasteiger partial charge on any atom is 0.200 e. The topological polar surface area (TPSA) is 59.2 Å². The largest absolute Gasteiger partial charge is 0.493 e. The molecule has 5 nitrogen and oxygen atoms in total. The number of nitrogens with zero attached hydrogens (tertiary/aromatic N) is 1. The number of hydrogen-bond donors (Lipinski definition) is 2. The molecule has 0 saturated carbocycles. The summed E-state index contributed by atoms with van der Waals surface area (Å²) in [5.41, 5.74) is 3.08. The van der Waals surface area contributed by atoms with Gasteiger partial charge in [-0.15, -0.1) is 0 Å². The number of aromatic amines is 1. The van der Waals surface area contributed by atoms with Gasteiger partial charge in [-0.1, -0.05) is 0 Å². The second kappa shape index (κ2) is 5.00. The average molecular weight is 247 g/mol. The molecule has 5 heteroatoms. The summed E-state index contributed by atoms with van der Waals surface area (Å²) in [6.07, 6.45) is 1.79. The lowest BCUT2D eigenvalue weighted by molar-refractivity contribution is 0.355. The summed E-state index contributed by atoms with van der Waals surface area (Å²) in [7, 11) is 5.08. The van der Waals surface area contributed by atoms with Gasteiger partial charge >= 0.3 is 0 Å². The second-order valence-electron chi connectivity index (χ2n) is 3.92. The van der Waals surface area contributed by atoms with Crippen LogP contribution in [-0.2, 0) is 0 Å². The molecular formula is C13H17N3O2. The van der Waals surface area contributed by atoms with Crippen LogP contribution in [0.15, 0.2) is 18.3 Å². The average Bonchev–Trinajstić information content (AvgIpc) is 2.86. The zero-order valence-corrected chi connectivity index (χ0v) is 11.0. The molecule has 0 bridgehead atoms. The highest BCUT2D eigenvalue weighted by Crippen LogP contribution is 2.34. The molecule has 18 heavy (non-hydrogen) atoms. The van der Waals surface area contributed by atoms with Crippen molar-refractivity contribution in [2.75, 3.05) is 26.6 Å². The Balaban J connectivity index is 2.50. The van der Waals surface area contributed by atoms with Gasteiger partial charge in [0.2, 0.25) is 0 Å². The van der Waals surface area contributed by atoms with Gasteiger partial charge in [0.25, 0.3) is 0 Å². The van der Waals surface area contributed by atoms with Crippen LogP contribution in [0.2, 0.25) is 0 Å². The minimum absolute atomic E-state index is 0.707. The molecule has 0 amide bonds. The van der Waals surface area contributed by atoms with E-state index in [1.54, 1.807) is 20.4 Å². The molecule has 1 aromatic heterocycles. The number of methoxy groups -OCH3 is 2. The molecule has 0 unspecified atom stereocenters. The minimum Gasteiger partial charge on any atom is -0.493 e. The van der Waals surface area contributed by atoms with E-state index in [-0.39, 0.29) is 0 Å². The Bertz CT molecular complexity index is 549. The van der Waals surface area contributed by atoms with Gasteiger partial charge in [0, 0.05) is 12.6 Å². The number of ether oxygens (including phenoxy) is 2. The van der Waals surface area contributed by atoms with E-state index < -0.39 is 0 Å². The number of aromatic nitrogens is 2. The smallest absolute Gasteiger partial charge is 0.200 e. The van der Waals surface area contributed by atoms with Crippen molar-refractivity contribution in [2.45, 2.75) is 6.92 Å². The van der Waals surface area contributed by atoms with Gasteiger partial charge in [-0.3, -0.25) is 0 Å². The van der Waals surface area contributed by atoms with Crippen molar-refractivity contribution < 1.29 is 9.47 Å². The summed E-state index contributed by atoms with van der Waals surface area (Å²) >= 11 is 0. The number of imidazole rings is 1. The van der Waals surface area contributed by atoms with Crippen LogP contribution in [0.1, 0.15) is 5.56 Å². The molecule has 2 aromatic rings. The summed E-state index contributed by atoms with van der Waals surface area (Å²) in [6.45, 7) is 2.02. The fourth-order valence-electron chi connectivity index (χ4n) is 1.86. The number of rotatable bonds is 4. The summed E-state index contributed by atoms with van der Waals surface area (Å²) in [6, 6.07) is 3.90. The van der Waals surface area contributed by atoms with Crippen molar-refractivity contribution in [2.24, 2.45) is 0 Å². The molecule has 96 valence electrons. The van der Waals surface area contributed by atoms with E-state index in [0.29, 0.717) is 5.75 Å². The quantitative estimate of drug-likeness (QED) is 0.871. The molecular weight excluding hydrogens is 230 g/mol. The summed E-state index contributed by atoms with van der Waals surface area (Å²) in [5.74, 6) is 2.17. The van der Waals surface area contributed by atoms with Crippen molar-refractivity contribution in [3.8, 4) is 22.8 Å². The van der Waals surface area contributed by atoms with Gasteiger partial charge in [0.1, 0.15) is 0 Å². The number of hydrogen-bond acceptors (Lipinski definition) is 4. The van der Waals surface area contributed by atoms with Gasteiger partial charge < -0.3 is 19.8 Å². The van der Waals surface area contributed by atoms with Gasteiger partial charge in [0.05, 0.1) is 26.1 Å². The number of H-pyrrole nitrogens is 1. The third-order valence-electron chi connectivity index (χ3n) is 2.83. The molecule has 0 radical (unpaired) electrons. The number of anilines is 1. The van der Waals surface area contributed by atoms with Crippen molar-refractivity contribution in [1.29, 1.82) is 0 Å². The lowest BCUT2D eigenvalue weighted by atomic mass is 10.1. The predicted octanol–water partition coefficient (Wildman–Crippen LogP) is 2.44. The van der Waals surface area contributed by atoms with Crippen LogP contribution < -0.4 is 14.8 Å². The first-order valence-corrected chi connectivity index (χ1v) is 5.65. The Labute approximate surface area is 106 Å². The normalized spacial score (nSPS) is 10.2. The molecule has 0 aliphatic rings. The Kier molecular flexibility index (Phi) is 3.41. The van der Waals surface area contributed by atoms with E-state index in [9.17, 15) is 0 Å². The highest BCUT2D eigenvalue weighted by Gasteiger charge is 2.11. The SMILES string of the molecule is CNc1ncc(-c2cc(OC)c(OC)cc2C)[nH]1. The van der Waals surface area contributed by atoms with E-state index in [1.165, 1.54) is 0 Å². The Hall–Kier alpha value is -2.17. The highest BCUT2D eigenvalue weighted by molar-refractivity contribution is 5.68. The van der Waals surface area contributed by atoms with Crippen molar-refractivity contribution in [1.82, 2.24) is 9.97 Å². The monoisotopic (exact) mass is 247 g/mol. The fourth-order valence-corrected chi connectivity index (χ4v) is 1.86. The van der Waals surface area contributed by atoms with Crippen LogP contribution in [0, 0.1) is 6.92 Å². The fraction of sp³-hybridized carbons (Fsp3) is 0.308. The molecule has 0 aliphatic carbocycles. The van der Waals surface area contributed by atoms with Gasteiger partial charge in [0.15, 0.2) is 17.4 Å². The van der Waals surface area contributed by atoms with E-state index in [2.05, 4.69) is 15.3 Å². The van der Waals surface area contributed by atoms with Gasteiger partial charge in [-0.25, -0.2) is 4.98 Å². The number of benzene rings is 1. The van der Waals surface area contributed by atoms with Crippen LogP contribution >= 0.6 is 0 Å². The molecule has 0 aliphatic heterocycles. The Morgan fingerprint density at radius 3 is 2.39 bits per heavy atom. The van der Waals surface area contributed by atoms with Crippen LogP contribution in [0.3, 0.4) is 0 Å². The third kappa shape index (κ3) is 2.11. The highest BCUT2D eigenvalue weighted by atomic mass is 16.5. The Morgan fingerprint density at radius 1 is 1.17 bits per heavy atom. The first kappa shape index (κ1) is 12.3. The summed E-state index contributed by atoms with van der Waals surface area (Å²) in [5, 5.41) is 2.97. The molecule has 0 spiro atoms. The van der Waals surface area contributed by atoms with Gasteiger partial charge in [-0.2, -0.15) is 0 Å². The van der Waals surface area contributed by atoms with E-state index in [4.69, 9.17) is 9.47 Å². The maximum atomic E-state index is 5.31. The van der Waals surface area contributed by atoms with E-state index in [0.717, 1.165) is 28.5 Å². The maximum absolute atomic E-state index is 5.31. The third-order valence-corrected chi connectivity index (χ3v) is 2.83. The predicted molar refractivity (Wildman–Crippen MR) is 71.4 cm³/mol. The molecule has 2 rings (SSSR count). The van der Waals surface area contributed by atoms with Crippen molar-refractivity contribution in [3.63, 3.8) is 0 Å². The number of nitrogens with one attached hydrogen (secondary N) is 2. The van der Waals surface area contributed by atoms with E-state index >= 15 is 0 Å².